The second-order valence-electron chi connectivity index (χ2n) is 5.87. The van der Waals surface area contributed by atoms with Crippen LogP contribution in [0.1, 0.15) is 19.4 Å². The zero-order valence-electron chi connectivity index (χ0n) is 13.4. The standard InChI is InChI=1S/C16H21ClN2O3S/c1-10-5-4-6-11(17)13(10)22-8-7-18-14(20)12-9-23-16(2,3)15(21)19-12/h4-6,12H,7-9H2,1-3H3,(H,18,20)(H,19,21)/t12-/m1/s1. The minimum absolute atomic E-state index is 0.114. The zero-order valence-corrected chi connectivity index (χ0v) is 15.0. The van der Waals surface area contributed by atoms with Crippen molar-refractivity contribution in [2.24, 2.45) is 0 Å². The van der Waals surface area contributed by atoms with E-state index in [2.05, 4.69) is 10.6 Å². The molecule has 0 aromatic heterocycles. The summed E-state index contributed by atoms with van der Waals surface area (Å²) < 4.78 is 5.14. The van der Waals surface area contributed by atoms with E-state index in [0.29, 0.717) is 29.7 Å². The van der Waals surface area contributed by atoms with Crippen molar-refractivity contribution in [3.8, 4) is 5.75 Å². The monoisotopic (exact) mass is 356 g/mol. The molecule has 7 heteroatoms. The Kier molecular flexibility index (Phi) is 5.81. The number of amides is 2. The number of hydrogen-bond acceptors (Lipinski definition) is 4. The first-order valence-corrected chi connectivity index (χ1v) is 8.78. The van der Waals surface area contributed by atoms with Gasteiger partial charge in [-0.3, -0.25) is 9.59 Å². The topological polar surface area (TPSA) is 67.4 Å². The molecule has 0 saturated carbocycles. The summed E-state index contributed by atoms with van der Waals surface area (Å²) in [6, 6.07) is 5.04. The van der Waals surface area contributed by atoms with Crippen molar-refractivity contribution in [3.05, 3.63) is 28.8 Å². The second kappa shape index (κ2) is 7.45. The first kappa shape index (κ1) is 17.9. The maximum absolute atomic E-state index is 12.1. The molecule has 0 aliphatic carbocycles. The van der Waals surface area contributed by atoms with E-state index in [0.717, 1.165) is 5.56 Å². The van der Waals surface area contributed by atoms with Crippen LogP contribution in [0.5, 0.6) is 5.75 Å². The van der Waals surface area contributed by atoms with Crippen molar-refractivity contribution in [1.29, 1.82) is 0 Å². The van der Waals surface area contributed by atoms with E-state index in [1.807, 2.05) is 32.9 Å². The Labute approximate surface area is 145 Å². The molecule has 1 atom stereocenters. The molecule has 2 rings (SSSR count). The smallest absolute Gasteiger partial charge is 0.243 e. The third-order valence-corrected chi connectivity index (χ3v) is 5.30. The number of carbonyl (C=O) groups is 2. The number of ether oxygens (including phenoxy) is 1. The van der Waals surface area contributed by atoms with Gasteiger partial charge in [-0.2, -0.15) is 0 Å². The first-order valence-electron chi connectivity index (χ1n) is 7.42. The Balaban J connectivity index is 1.76. The van der Waals surface area contributed by atoms with Crippen LogP contribution in [0.3, 0.4) is 0 Å². The SMILES string of the molecule is Cc1cccc(Cl)c1OCCNC(=O)[C@H]1CSC(C)(C)C(=O)N1. The highest BCUT2D eigenvalue weighted by molar-refractivity contribution is 8.01. The van der Waals surface area contributed by atoms with Gasteiger partial charge in [0, 0.05) is 5.75 Å². The molecule has 1 aliphatic heterocycles. The fourth-order valence-electron chi connectivity index (χ4n) is 2.12. The van der Waals surface area contributed by atoms with Crippen LogP contribution >= 0.6 is 23.4 Å². The van der Waals surface area contributed by atoms with E-state index in [1.165, 1.54) is 11.8 Å². The van der Waals surface area contributed by atoms with Crippen molar-refractivity contribution in [2.45, 2.75) is 31.6 Å². The van der Waals surface area contributed by atoms with Gasteiger partial charge in [-0.05, 0) is 32.4 Å². The van der Waals surface area contributed by atoms with Crippen molar-refractivity contribution in [2.75, 3.05) is 18.9 Å². The molecule has 5 nitrogen and oxygen atoms in total. The first-order chi connectivity index (χ1) is 10.8. The number of nitrogens with one attached hydrogen (secondary N) is 2. The van der Waals surface area contributed by atoms with Gasteiger partial charge in [0.25, 0.3) is 0 Å². The van der Waals surface area contributed by atoms with E-state index < -0.39 is 10.8 Å². The number of carbonyl (C=O) groups excluding carboxylic acids is 2. The average Bonchev–Trinajstić information content (AvgIpc) is 2.48. The molecule has 1 aromatic carbocycles. The summed E-state index contributed by atoms with van der Waals surface area (Å²) in [4.78, 5) is 23.9. The maximum Gasteiger partial charge on any atom is 0.243 e. The quantitative estimate of drug-likeness (QED) is 0.793. The molecule has 1 aromatic rings. The normalized spacial score (nSPS) is 19.8. The molecule has 1 aliphatic rings. The Hall–Kier alpha value is -1.40. The molecule has 1 saturated heterocycles. The average molecular weight is 357 g/mol. The highest BCUT2D eigenvalue weighted by Gasteiger charge is 2.37. The van der Waals surface area contributed by atoms with Crippen molar-refractivity contribution < 1.29 is 14.3 Å². The van der Waals surface area contributed by atoms with Gasteiger partial charge in [0.15, 0.2) is 0 Å². The van der Waals surface area contributed by atoms with Crippen LogP contribution in [0, 0.1) is 6.92 Å². The van der Waals surface area contributed by atoms with Crippen LogP contribution in [0.2, 0.25) is 5.02 Å². The molecule has 0 bridgehead atoms. The van der Waals surface area contributed by atoms with Gasteiger partial charge in [-0.1, -0.05) is 23.7 Å². The summed E-state index contributed by atoms with van der Waals surface area (Å²) in [5, 5.41) is 6.07. The molecule has 2 N–H and O–H groups in total. The Morgan fingerprint density at radius 3 is 2.91 bits per heavy atom. The second-order valence-corrected chi connectivity index (χ2v) is 7.92. The molecular weight excluding hydrogens is 336 g/mol. The molecule has 0 spiro atoms. The van der Waals surface area contributed by atoms with Crippen molar-refractivity contribution in [1.82, 2.24) is 10.6 Å². The maximum atomic E-state index is 12.1. The summed E-state index contributed by atoms with van der Waals surface area (Å²) >= 11 is 7.56. The predicted molar refractivity (Wildman–Crippen MR) is 93.2 cm³/mol. The van der Waals surface area contributed by atoms with E-state index in [-0.39, 0.29) is 11.8 Å². The van der Waals surface area contributed by atoms with Gasteiger partial charge in [0.05, 0.1) is 16.3 Å². The Bertz CT molecular complexity index is 587. The van der Waals surface area contributed by atoms with E-state index in [4.69, 9.17) is 16.3 Å². The molecule has 1 fully saturated rings. The lowest BCUT2D eigenvalue weighted by Gasteiger charge is -2.32. The molecular formula is C16H21ClN2O3S. The van der Waals surface area contributed by atoms with E-state index >= 15 is 0 Å². The van der Waals surface area contributed by atoms with Crippen LogP contribution in [0.25, 0.3) is 0 Å². The van der Waals surface area contributed by atoms with Gasteiger partial charge in [0.1, 0.15) is 18.4 Å². The summed E-state index contributed by atoms with van der Waals surface area (Å²) in [7, 11) is 0. The fourth-order valence-corrected chi connectivity index (χ4v) is 3.41. The Morgan fingerprint density at radius 2 is 2.26 bits per heavy atom. The molecule has 1 heterocycles. The van der Waals surface area contributed by atoms with Crippen molar-refractivity contribution in [3.63, 3.8) is 0 Å². The Morgan fingerprint density at radius 1 is 1.52 bits per heavy atom. The lowest BCUT2D eigenvalue weighted by atomic mass is 10.1. The summed E-state index contributed by atoms with van der Waals surface area (Å²) in [5.41, 5.74) is 0.946. The van der Waals surface area contributed by atoms with Crippen LogP contribution in [-0.2, 0) is 9.59 Å². The van der Waals surface area contributed by atoms with Crippen LogP contribution in [0.4, 0.5) is 0 Å². The highest BCUT2D eigenvalue weighted by atomic mass is 35.5. The number of halogens is 1. The van der Waals surface area contributed by atoms with Crippen LogP contribution in [0.15, 0.2) is 18.2 Å². The predicted octanol–water partition coefficient (Wildman–Crippen LogP) is 2.15. The van der Waals surface area contributed by atoms with Crippen molar-refractivity contribution >= 4 is 35.2 Å². The van der Waals surface area contributed by atoms with Crippen LogP contribution in [-0.4, -0.2) is 41.5 Å². The number of para-hydroxylation sites is 1. The van der Waals surface area contributed by atoms with Gasteiger partial charge < -0.3 is 15.4 Å². The molecule has 0 unspecified atom stereocenters. The number of rotatable bonds is 5. The van der Waals surface area contributed by atoms with E-state index in [9.17, 15) is 9.59 Å². The lowest BCUT2D eigenvalue weighted by Crippen LogP contribution is -2.57. The van der Waals surface area contributed by atoms with Crippen LogP contribution < -0.4 is 15.4 Å². The molecule has 2 amide bonds. The number of hydrogen-bond donors (Lipinski definition) is 2. The number of aryl methyl sites for hydroxylation is 1. The minimum atomic E-state index is -0.498. The summed E-state index contributed by atoms with van der Waals surface area (Å²) in [5.74, 6) is 0.888. The number of thioether (sulfide) groups is 1. The van der Waals surface area contributed by atoms with Gasteiger partial charge in [-0.15, -0.1) is 11.8 Å². The van der Waals surface area contributed by atoms with Gasteiger partial charge in [-0.25, -0.2) is 0 Å². The molecule has 23 heavy (non-hydrogen) atoms. The third-order valence-electron chi connectivity index (χ3n) is 3.59. The minimum Gasteiger partial charge on any atom is -0.490 e. The highest BCUT2D eigenvalue weighted by Crippen LogP contribution is 2.29. The largest absolute Gasteiger partial charge is 0.490 e. The van der Waals surface area contributed by atoms with Gasteiger partial charge in [0.2, 0.25) is 11.8 Å². The molecule has 126 valence electrons. The summed E-state index contributed by atoms with van der Waals surface area (Å²) in [6.45, 7) is 6.28. The summed E-state index contributed by atoms with van der Waals surface area (Å²) in [6.07, 6.45) is 0. The number of benzene rings is 1. The van der Waals surface area contributed by atoms with E-state index in [1.54, 1.807) is 6.07 Å². The lowest BCUT2D eigenvalue weighted by molar-refractivity contribution is -0.129. The zero-order chi connectivity index (χ0) is 17.0. The third kappa shape index (κ3) is 4.54. The molecule has 0 radical (unpaired) electrons. The van der Waals surface area contributed by atoms with Gasteiger partial charge >= 0.3 is 0 Å². The fraction of sp³-hybridized carbons (Fsp3) is 0.500.